The molecule has 1 heterocycles. The molecular weight excluding hydrogens is 294 g/mol. The molecule has 6 nitrogen and oxygen atoms in total. The Morgan fingerprint density at radius 1 is 1.43 bits per heavy atom. The van der Waals surface area contributed by atoms with Gasteiger partial charge in [0.05, 0.1) is 6.61 Å². The molecule has 0 atom stereocenters. The third-order valence-corrected chi connectivity index (χ3v) is 3.21. The lowest BCUT2D eigenvalue weighted by molar-refractivity contribution is -0.140. The predicted octanol–water partition coefficient (Wildman–Crippen LogP) is 1.38. The fourth-order valence-corrected chi connectivity index (χ4v) is 2.14. The quantitative estimate of drug-likeness (QED) is 0.340. The van der Waals surface area contributed by atoms with Crippen LogP contribution in [-0.2, 0) is 20.9 Å². The number of halogens is 1. The van der Waals surface area contributed by atoms with Gasteiger partial charge in [0.15, 0.2) is 5.57 Å². The highest BCUT2D eigenvalue weighted by Crippen LogP contribution is 2.26. The number of carbonyl (C=O) groups excluding carboxylic acids is 2. The number of amides is 1. The molecule has 1 amide bonds. The molecule has 0 bridgehead atoms. The maximum atomic E-state index is 12.0. The molecule has 0 aliphatic carbocycles. The van der Waals surface area contributed by atoms with Crippen molar-refractivity contribution in [3.8, 4) is 0 Å². The maximum absolute atomic E-state index is 12.0. The Labute approximate surface area is 127 Å². The van der Waals surface area contributed by atoms with Gasteiger partial charge in [-0.1, -0.05) is 17.7 Å². The highest BCUT2D eigenvalue weighted by Gasteiger charge is 2.26. The monoisotopic (exact) mass is 309 g/mol. The molecular formula is C14H16ClN3O3. The Bertz CT molecular complexity index is 613. The van der Waals surface area contributed by atoms with E-state index >= 15 is 0 Å². The minimum Gasteiger partial charge on any atom is -0.462 e. The highest BCUT2D eigenvalue weighted by molar-refractivity contribution is 6.30. The summed E-state index contributed by atoms with van der Waals surface area (Å²) in [4.78, 5) is 23.9. The molecule has 2 rings (SSSR count). The van der Waals surface area contributed by atoms with Crippen LogP contribution in [-0.4, -0.2) is 25.5 Å². The van der Waals surface area contributed by atoms with Crippen molar-refractivity contribution in [1.29, 1.82) is 0 Å². The van der Waals surface area contributed by atoms with E-state index in [1.54, 1.807) is 19.1 Å². The van der Waals surface area contributed by atoms with Gasteiger partial charge in [-0.2, -0.15) is 0 Å². The summed E-state index contributed by atoms with van der Waals surface area (Å²) in [5, 5.41) is 9.03. The fraction of sp³-hybridized carbons (Fsp3) is 0.286. The van der Waals surface area contributed by atoms with E-state index in [0.717, 1.165) is 11.3 Å². The molecule has 0 fully saturated rings. The van der Waals surface area contributed by atoms with Gasteiger partial charge in [-0.05, 0) is 24.6 Å². The van der Waals surface area contributed by atoms with Gasteiger partial charge < -0.3 is 20.7 Å². The molecule has 1 aliphatic heterocycles. The van der Waals surface area contributed by atoms with Crippen LogP contribution in [0.5, 0.6) is 0 Å². The molecule has 1 aromatic rings. The Morgan fingerprint density at radius 2 is 2.19 bits per heavy atom. The van der Waals surface area contributed by atoms with E-state index in [4.69, 9.17) is 16.3 Å². The number of likely N-dealkylation sites (N-methyl/N-ethyl adjacent to an activating group) is 1. The lowest BCUT2D eigenvalue weighted by Gasteiger charge is -2.24. The Hall–Kier alpha value is -2.21. The summed E-state index contributed by atoms with van der Waals surface area (Å²) in [7, 11) is 1.45. The standard InChI is InChI=1S/C14H16ClN3O3/c1-3-21-14(20)11(13(19)16-2)12-17-7-8-4-5-9(15)6-10(8)18-12/h4-6,17-18H,3,7H2,1-2H3,(H,16,19). The first kappa shape index (κ1) is 15.2. The van der Waals surface area contributed by atoms with Crippen molar-refractivity contribution in [2.24, 2.45) is 0 Å². The molecule has 0 aromatic heterocycles. The van der Waals surface area contributed by atoms with Gasteiger partial charge >= 0.3 is 5.97 Å². The van der Waals surface area contributed by atoms with Gasteiger partial charge in [0.1, 0.15) is 5.82 Å². The fourth-order valence-electron chi connectivity index (χ4n) is 1.97. The number of esters is 1. The highest BCUT2D eigenvalue weighted by atomic mass is 35.5. The number of nitrogens with one attached hydrogen (secondary N) is 3. The molecule has 0 radical (unpaired) electrons. The summed E-state index contributed by atoms with van der Waals surface area (Å²) in [6.07, 6.45) is 0. The lowest BCUT2D eigenvalue weighted by Crippen LogP contribution is -2.35. The van der Waals surface area contributed by atoms with E-state index in [0.29, 0.717) is 17.4 Å². The van der Waals surface area contributed by atoms with Crippen molar-refractivity contribution < 1.29 is 14.3 Å². The number of anilines is 1. The number of ether oxygens (including phenoxy) is 1. The summed E-state index contributed by atoms with van der Waals surface area (Å²) in [5.74, 6) is -0.895. The van der Waals surface area contributed by atoms with Crippen LogP contribution < -0.4 is 16.0 Å². The molecule has 0 saturated carbocycles. The van der Waals surface area contributed by atoms with E-state index in [1.807, 2.05) is 6.07 Å². The van der Waals surface area contributed by atoms with Crippen molar-refractivity contribution in [1.82, 2.24) is 10.6 Å². The topological polar surface area (TPSA) is 79.5 Å². The maximum Gasteiger partial charge on any atom is 0.347 e. The van der Waals surface area contributed by atoms with Crippen molar-refractivity contribution in [2.75, 3.05) is 19.0 Å². The second-order valence-electron chi connectivity index (χ2n) is 4.33. The summed E-state index contributed by atoms with van der Waals surface area (Å²) >= 11 is 5.96. The number of fused-ring (bicyclic) bond motifs is 1. The number of hydrogen-bond acceptors (Lipinski definition) is 5. The molecule has 7 heteroatoms. The van der Waals surface area contributed by atoms with Crippen molar-refractivity contribution in [3.63, 3.8) is 0 Å². The molecule has 112 valence electrons. The van der Waals surface area contributed by atoms with Gasteiger partial charge in [0.2, 0.25) is 0 Å². The van der Waals surface area contributed by atoms with Crippen molar-refractivity contribution in [3.05, 3.63) is 40.2 Å². The van der Waals surface area contributed by atoms with Crippen LogP contribution in [0.25, 0.3) is 0 Å². The largest absolute Gasteiger partial charge is 0.462 e. The van der Waals surface area contributed by atoms with Gasteiger partial charge in [0, 0.05) is 24.3 Å². The molecule has 0 unspecified atom stereocenters. The number of rotatable bonds is 3. The third-order valence-electron chi connectivity index (χ3n) is 2.97. The van der Waals surface area contributed by atoms with E-state index < -0.39 is 11.9 Å². The lowest BCUT2D eigenvalue weighted by atomic mass is 10.1. The number of benzene rings is 1. The SMILES string of the molecule is CCOC(=O)C(C(=O)NC)=C1NCc2ccc(Cl)cc2N1. The van der Waals surface area contributed by atoms with E-state index in [2.05, 4.69) is 16.0 Å². The van der Waals surface area contributed by atoms with E-state index in [9.17, 15) is 9.59 Å². The van der Waals surface area contributed by atoms with Crippen LogP contribution in [0.4, 0.5) is 5.69 Å². The molecule has 0 spiro atoms. The van der Waals surface area contributed by atoms with Gasteiger partial charge in [-0.15, -0.1) is 0 Å². The van der Waals surface area contributed by atoms with Gasteiger partial charge in [-0.25, -0.2) is 4.79 Å². The first-order valence-corrected chi connectivity index (χ1v) is 6.87. The second-order valence-corrected chi connectivity index (χ2v) is 4.77. The first-order valence-electron chi connectivity index (χ1n) is 6.49. The summed E-state index contributed by atoms with van der Waals surface area (Å²) < 4.78 is 4.93. The third kappa shape index (κ3) is 3.28. The predicted molar refractivity (Wildman–Crippen MR) is 79.6 cm³/mol. The summed E-state index contributed by atoms with van der Waals surface area (Å²) in [6.45, 7) is 2.35. The zero-order valence-corrected chi connectivity index (χ0v) is 12.5. The van der Waals surface area contributed by atoms with Crippen molar-refractivity contribution in [2.45, 2.75) is 13.5 Å². The smallest absolute Gasteiger partial charge is 0.347 e. The minimum absolute atomic E-state index is 0.0926. The molecule has 3 N–H and O–H groups in total. The zero-order valence-electron chi connectivity index (χ0n) is 11.7. The van der Waals surface area contributed by atoms with Crippen LogP contribution in [0.15, 0.2) is 29.6 Å². The second kappa shape index (κ2) is 6.49. The van der Waals surface area contributed by atoms with E-state index in [-0.39, 0.29) is 12.2 Å². The van der Waals surface area contributed by atoms with E-state index in [1.165, 1.54) is 7.05 Å². The average Bonchev–Trinajstić information content (AvgIpc) is 2.47. The zero-order chi connectivity index (χ0) is 15.4. The van der Waals surface area contributed by atoms with Gasteiger partial charge in [0.25, 0.3) is 5.91 Å². The summed E-state index contributed by atoms with van der Waals surface area (Å²) in [6, 6.07) is 5.40. The molecule has 0 saturated heterocycles. The van der Waals surface area contributed by atoms with Crippen molar-refractivity contribution >= 4 is 29.2 Å². The number of hydrogen-bond donors (Lipinski definition) is 3. The first-order chi connectivity index (χ1) is 10.1. The Morgan fingerprint density at radius 3 is 2.86 bits per heavy atom. The van der Waals surface area contributed by atoms with Crippen LogP contribution in [0.3, 0.4) is 0 Å². The van der Waals surface area contributed by atoms with Crippen LogP contribution >= 0.6 is 11.6 Å². The Kier molecular flexibility index (Phi) is 4.70. The number of carbonyl (C=O) groups is 2. The van der Waals surface area contributed by atoms with Crippen LogP contribution in [0.1, 0.15) is 12.5 Å². The Balaban J connectivity index is 2.40. The van der Waals surface area contributed by atoms with Crippen LogP contribution in [0.2, 0.25) is 5.02 Å². The molecule has 1 aromatic carbocycles. The minimum atomic E-state index is -0.683. The van der Waals surface area contributed by atoms with Gasteiger partial charge in [-0.3, -0.25) is 4.79 Å². The molecule has 1 aliphatic rings. The normalized spacial score (nSPS) is 15.2. The molecule has 21 heavy (non-hydrogen) atoms. The summed E-state index contributed by atoms with van der Waals surface area (Å²) in [5.41, 5.74) is 1.65. The van der Waals surface area contributed by atoms with Crippen LogP contribution in [0, 0.1) is 0 Å². The average molecular weight is 310 g/mol.